The van der Waals surface area contributed by atoms with Crippen LogP contribution in [-0.4, -0.2) is 16.6 Å². The van der Waals surface area contributed by atoms with Crippen LogP contribution in [0, 0.1) is 0 Å². The van der Waals surface area contributed by atoms with Gasteiger partial charge in [-0.3, -0.25) is 14.6 Å². The van der Waals surface area contributed by atoms with Crippen molar-refractivity contribution in [2.24, 2.45) is 0 Å². The first-order valence-electron chi connectivity index (χ1n) is 9.69. The third kappa shape index (κ3) is 3.52. The average molecular weight is 481 g/mol. The fraction of sp³-hybridized carbons (Fsp3) is 0.261. The van der Waals surface area contributed by atoms with Crippen LogP contribution in [-0.2, 0) is 6.42 Å². The van der Waals surface area contributed by atoms with E-state index in [2.05, 4.69) is 18.0 Å². The molecule has 1 heterocycles. The summed E-state index contributed by atoms with van der Waals surface area (Å²) in [4.78, 5) is 30.7. The number of pyridine rings is 1. The molecule has 1 aliphatic rings. The largest absolute Gasteiger partial charge is 0.293 e. The highest BCUT2D eigenvalue weighted by Crippen LogP contribution is 2.47. The molecule has 0 atom stereocenters. The van der Waals surface area contributed by atoms with Gasteiger partial charge in [-0.25, -0.2) is 0 Å². The summed E-state index contributed by atoms with van der Waals surface area (Å²) >= 11 is 24.6. The van der Waals surface area contributed by atoms with Gasteiger partial charge in [0.15, 0.2) is 11.6 Å². The second-order valence-electron chi connectivity index (χ2n) is 7.39. The molecule has 0 saturated carbocycles. The van der Waals surface area contributed by atoms with Crippen molar-refractivity contribution in [3.8, 4) is 0 Å². The number of unbranched alkanes of at least 4 members (excludes halogenated alkanes) is 2. The number of aryl methyl sites for hydroxylation is 1. The average Bonchev–Trinajstić information content (AvgIpc) is 3.00. The summed E-state index contributed by atoms with van der Waals surface area (Å²) < 4.78 is 0. The third-order valence-corrected chi connectivity index (χ3v) is 7.23. The fourth-order valence-corrected chi connectivity index (χ4v) is 4.90. The van der Waals surface area contributed by atoms with Gasteiger partial charge in [-0.15, -0.1) is 0 Å². The summed E-state index contributed by atoms with van der Waals surface area (Å²) in [5.74, 6) is -2.05. The molecule has 154 valence electrons. The van der Waals surface area contributed by atoms with Crippen LogP contribution in [0.4, 0.5) is 0 Å². The molecule has 4 rings (SSSR count). The minimum Gasteiger partial charge on any atom is -0.293 e. The highest BCUT2D eigenvalue weighted by molar-refractivity contribution is 6.55. The number of carbonyl (C=O) groups is 2. The number of benzene rings is 2. The normalized spacial score (nSPS) is 14.0. The van der Waals surface area contributed by atoms with Crippen LogP contribution >= 0.6 is 46.4 Å². The summed E-state index contributed by atoms with van der Waals surface area (Å²) in [5, 5.41) is 0.779. The summed E-state index contributed by atoms with van der Waals surface area (Å²) in [6, 6.07) is 9.64. The highest BCUT2D eigenvalue weighted by Gasteiger charge is 2.45. The zero-order chi connectivity index (χ0) is 21.6. The van der Waals surface area contributed by atoms with Crippen LogP contribution in [0.15, 0.2) is 30.3 Å². The van der Waals surface area contributed by atoms with Crippen molar-refractivity contribution in [2.75, 3.05) is 0 Å². The maximum Gasteiger partial charge on any atom is 0.182 e. The number of Topliss-reactive ketones (excluding diaryl/α,β-unsaturated/α-hetero) is 2. The predicted octanol–water partition coefficient (Wildman–Crippen LogP) is 7.74. The first-order valence-corrected chi connectivity index (χ1v) is 11.2. The van der Waals surface area contributed by atoms with E-state index in [0.717, 1.165) is 23.7 Å². The summed E-state index contributed by atoms with van der Waals surface area (Å²) in [5.41, 5.74) is 2.34. The van der Waals surface area contributed by atoms with Crippen LogP contribution in [0.25, 0.3) is 10.9 Å². The van der Waals surface area contributed by atoms with Crippen molar-refractivity contribution in [1.82, 2.24) is 4.98 Å². The van der Waals surface area contributed by atoms with Gasteiger partial charge in [0.1, 0.15) is 5.92 Å². The van der Waals surface area contributed by atoms with Gasteiger partial charge in [0.05, 0.1) is 42.4 Å². The number of nitrogens with zero attached hydrogens (tertiary/aromatic N) is 1. The Labute approximate surface area is 194 Å². The lowest BCUT2D eigenvalue weighted by molar-refractivity contribution is 0.0888. The summed E-state index contributed by atoms with van der Waals surface area (Å²) in [6.07, 6.45) is 4.53. The minimum atomic E-state index is -1.11. The van der Waals surface area contributed by atoms with Crippen LogP contribution in [0.1, 0.15) is 64.1 Å². The lowest BCUT2D eigenvalue weighted by atomic mass is 9.97. The Morgan fingerprint density at radius 2 is 1.47 bits per heavy atom. The molecule has 0 bridgehead atoms. The Morgan fingerprint density at radius 3 is 2.07 bits per heavy atom. The molecular formula is C23H17Cl4NO2. The molecule has 0 aliphatic heterocycles. The van der Waals surface area contributed by atoms with E-state index in [9.17, 15) is 9.59 Å². The number of aromatic nitrogens is 1. The summed E-state index contributed by atoms with van der Waals surface area (Å²) in [6.45, 7) is 2.18. The molecule has 0 spiro atoms. The van der Waals surface area contributed by atoms with Crippen molar-refractivity contribution in [2.45, 2.75) is 38.5 Å². The third-order valence-electron chi connectivity index (χ3n) is 5.42. The first-order chi connectivity index (χ1) is 14.3. The van der Waals surface area contributed by atoms with Crippen LogP contribution in [0.3, 0.4) is 0 Å². The molecule has 3 nitrogen and oxygen atoms in total. The Hall–Kier alpha value is -1.65. The summed E-state index contributed by atoms with van der Waals surface area (Å²) in [7, 11) is 0. The van der Waals surface area contributed by atoms with Crippen molar-refractivity contribution in [3.63, 3.8) is 0 Å². The molecule has 0 fully saturated rings. The smallest absolute Gasteiger partial charge is 0.182 e. The molecule has 0 unspecified atom stereocenters. The van der Waals surface area contributed by atoms with Gasteiger partial charge < -0.3 is 0 Å². The lowest BCUT2D eigenvalue weighted by Gasteiger charge is -2.09. The number of carbonyl (C=O) groups excluding carboxylic acids is 2. The van der Waals surface area contributed by atoms with Crippen LogP contribution in [0.2, 0.25) is 20.1 Å². The van der Waals surface area contributed by atoms with E-state index in [0.29, 0.717) is 5.69 Å². The van der Waals surface area contributed by atoms with Gasteiger partial charge in [-0.05, 0) is 36.6 Å². The quantitative estimate of drug-likeness (QED) is 0.162. The molecule has 0 amide bonds. The topological polar surface area (TPSA) is 47.0 Å². The zero-order valence-electron chi connectivity index (χ0n) is 16.1. The standard InChI is InChI=1S/C23H17Cl4NO2/c1-2-3-4-5-11-6-8-13-12(10-11)7-9-14(28-13)15-22(29)16-17(23(15)30)19(25)21(27)20(26)18(16)24/h6-10,15H,2-5H2,1H3. The Morgan fingerprint density at radius 1 is 0.833 bits per heavy atom. The number of hydrogen-bond donors (Lipinski definition) is 0. The van der Waals surface area contributed by atoms with Crippen LogP contribution < -0.4 is 0 Å². The highest BCUT2D eigenvalue weighted by atomic mass is 35.5. The number of halogens is 4. The lowest BCUT2D eigenvalue weighted by Crippen LogP contribution is -2.14. The molecule has 1 aromatic heterocycles. The minimum absolute atomic E-state index is 0.0132. The predicted molar refractivity (Wildman–Crippen MR) is 123 cm³/mol. The molecule has 1 aliphatic carbocycles. The maximum absolute atomic E-state index is 13.1. The van der Waals surface area contributed by atoms with E-state index in [-0.39, 0.29) is 31.2 Å². The van der Waals surface area contributed by atoms with E-state index in [1.54, 1.807) is 6.07 Å². The SMILES string of the molecule is CCCCCc1ccc2nc(C3C(=O)c4c(Cl)c(Cl)c(Cl)c(Cl)c4C3=O)ccc2c1. The molecule has 30 heavy (non-hydrogen) atoms. The van der Waals surface area contributed by atoms with E-state index >= 15 is 0 Å². The van der Waals surface area contributed by atoms with Gasteiger partial charge >= 0.3 is 0 Å². The fourth-order valence-electron chi connectivity index (χ4n) is 3.86. The van der Waals surface area contributed by atoms with E-state index in [1.165, 1.54) is 18.4 Å². The molecule has 7 heteroatoms. The van der Waals surface area contributed by atoms with Crippen molar-refractivity contribution in [3.05, 3.63) is 72.8 Å². The van der Waals surface area contributed by atoms with Gasteiger partial charge in [0.2, 0.25) is 0 Å². The molecule has 2 aromatic carbocycles. The molecule has 3 aromatic rings. The van der Waals surface area contributed by atoms with Crippen molar-refractivity contribution < 1.29 is 9.59 Å². The van der Waals surface area contributed by atoms with Crippen molar-refractivity contribution in [1.29, 1.82) is 0 Å². The monoisotopic (exact) mass is 479 g/mol. The maximum atomic E-state index is 13.1. The first kappa shape index (κ1) is 21.6. The van der Waals surface area contributed by atoms with E-state index in [4.69, 9.17) is 46.4 Å². The van der Waals surface area contributed by atoms with Crippen LogP contribution in [0.5, 0.6) is 0 Å². The second kappa shape index (κ2) is 8.47. The van der Waals surface area contributed by atoms with E-state index in [1.807, 2.05) is 18.2 Å². The van der Waals surface area contributed by atoms with Crippen molar-refractivity contribution >= 4 is 68.9 Å². The Bertz CT molecular complexity index is 1160. The number of rotatable bonds is 5. The number of fused-ring (bicyclic) bond motifs is 2. The molecule has 0 N–H and O–H groups in total. The van der Waals surface area contributed by atoms with Gasteiger partial charge in [-0.2, -0.15) is 0 Å². The molecule has 0 saturated heterocycles. The van der Waals surface area contributed by atoms with Gasteiger partial charge in [0, 0.05) is 5.39 Å². The van der Waals surface area contributed by atoms with Gasteiger partial charge in [-0.1, -0.05) is 78.3 Å². The number of ketones is 2. The number of hydrogen-bond acceptors (Lipinski definition) is 3. The zero-order valence-corrected chi connectivity index (χ0v) is 19.1. The Balaban J connectivity index is 1.73. The van der Waals surface area contributed by atoms with Gasteiger partial charge in [0.25, 0.3) is 0 Å². The molecule has 0 radical (unpaired) electrons. The molecular weight excluding hydrogens is 464 g/mol. The van der Waals surface area contributed by atoms with E-state index < -0.39 is 17.5 Å². The second-order valence-corrected chi connectivity index (χ2v) is 8.90. The Kier molecular flexibility index (Phi) is 6.09.